The van der Waals surface area contributed by atoms with Gasteiger partial charge in [0.05, 0.1) is 10.5 Å². The van der Waals surface area contributed by atoms with Gasteiger partial charge in [-0.15, -0.1) is 0 Å². The molecule has 0 saturated carbocycles. The zero-order chi connectivity index (χ0) is 18.5. The van der Waals surface area contributed by atoms with Crippen LogP contribution in [0.4, 0.5) is 10.5 Å². The van der Waals surface area contributed by atoms with E-state index in [0.29, 0.717) is 5.56 Å². The molecule has 1 aromatic rings. The van der Waals surface area contributed by atoms with E-state index in [1.54, 1.807) is 26.8 Å². The number of carbonyl (C=O) groups excluding carboxylic acids is 1. The van der Waals surface area contributed by atoms with E-state index in [9.17, 15) is 19.7 Å². The third kappa shape index (κ3) is 5.71. The molecule has 0 aliphatic carbocycles. The lowest BCUT2D eigenvalue weighted by Gasteiger charge is -2.19. The van der Waals surface area contributed by atoms with Gasteiger partial charge in [-0.3, -0.25) is 10.1 Å². The van der Waals surface area contributed by atoms with Crippen LogP contribution in [-0.2, 0) is 4.74 Å². The number of ether oxygens (including phenoxy) is 1. The van der Waals surface area contributed by atoms with Gasteiger partial charge in [-0.1, -0.05) is 12.2 Å². The molecule has 1 amide bonds. The molecule has 8 heteroatoms. The molecule has 2 N–H and O–H groups in total. The van der Waals surface area contributed by atoms with Gasteiger partial charge in [-0.2, -0.15) is 0 Å². The van der Waals surface area contributed by atoms with E-state index < -0.39 is 22.6 Å². The smallest absolute Gasteiger partial charge is 0.407 e. The number of nitrogens with zero attached hydrogens (tertiary/aromatic N) is 1. The Morgan fingerprint density at radius 3 is 2.50 bits per heavy atom. The van der Waals surface area contributed by atoms with Crippen molar-refractivity contribution < 1.29 is 24.4 Å². The average molecular weight is 336 g/mol. The number of benzene rings is 1. The van der Waals surface area contributed by atoms with Crippen LogP contribution < -0.4 is 5.32 Å². The number of aromatic carboxylic acids is 1. The maximum absolute atomic E-state index is 11.5. The van der Waals surface area contributed by atoms with Gasteiger partial charge in [0.15, 0.2) is 0 Å². The standard InChI is InChI=1S/C16H20N2O6/c1-10-12(14(19)20)8-11(9-13(10)18(22)23)6-5-7-17-15(21)24-16(2,3)4/h5-6,8-9H,7H2,1-4H3,(H,17,21)(H,19,20). The molecule has 0 unspecified atom stereocenters. The normalized spacial score (nSPS) is 11.3. The second-order valence-corrected chi connectivity index (χ2v) is 6.06. The van der Waals surface area contributed by atoms with Gasteiger partial charge in [-0.25, -0.2) is 9.59 Å². The summed E-state index contributed by atoms with van der Waals surface area (Å²) in [5.74, 6) is -1.24. The Bertz CT molecular complexity index is 653. The van der Waals surface area contributed by atoms with E-state index in [0.717, 1.165) is 0 Å². The zero-order valence-electron chi connectivity index (χ0n) is 14.0. The fraction of sp³-hybridized carbons (Fsp3) is 0.375. The molecule has 0 aromatic heterocycles. The van der Waals surface area contributed by atoms with Gasteiger partial charge in [0.25, 0.3) is 5.69 Å². The van der Waals surface area contributed by atoms with Crippen molar-refractivity contribution in [3.8, 4) is 0 Å². The zero-order valence-corrected chi connectivity index (χ0v) is 14.0. The van der Waals surface area contributed by atoms with Crippen LogP contribution in [0.5, 0.6) is 0 Å². The number of hydrogen-bond donors (Lipinski definition) is 2. The van der Waals surface area contributed by atoms with E-state index in [-0.39, 0.29) is 23.4 Å². The predicted molar refractivity (Wildman–Crippen MR) is 88.1 cm³/mol. The highest BCUT2D eigenvalue weighted by molar-refractivity contribution is 5.91. The van der Waals surface area contributed by atoms with Gasteiger partial charge in [0.2, 0.25) is 0 Å². The van der Waals surface area contributed by atoms with E-state index in [1.807, 2.05) is 0 Å². The summed E-state index contributed by atoms with van der Waals surface area (Å²) >= 11 is 0. The number of amides is 1. The van der Waals surface area contributed by atoms with Crippen molar-refractivity contribution in [2.45, 2.75) is 33.3 Å². The molecular weight excluding hydrogens is 316 g/mol. The summed E-state index contributed by atoms with van der Waals surface area (Å²) in [5.41, 5.74) is -0.562. The first-order valence-electron chi connectivity index (χ1n) is 7.17. The van der Waals surface area contributed by atoms with E-state index in [4.69, 9.17) is 9.84 Å². The van der Waals surface area contributed by atoms with Crippen LogP contribution in [-0.4, -0.2) is 34.2 Å². The lowest BCUT2D eigenvalue weighted by atomic mass is 10.0. The fourth-order valence-electron chi connectivity index (χ4n) is 1.88. The summed E-state index contributed by atoms with van der Waals surface area (Å²) in [6.07, 6.45) is 2.45. The van der Waals surface area contributed by atoms with Crippen molar-refractivity contribution in [2.75, 3.05) is 6.54 Å². The number of carboxylic acid groups (broad SMARTS) is 1. The molecule has 24 heavy (non-hydrogen) atoms. The Morgan fingerprint density at radius 2 is 2.00 bits per heavy atom. The van der Waals surface area contributed by atoms with E-state index in [1.165, 1.54) is 25.1 Å². The number of nitro benzene ring substituents is 1. The highest BCUT2D eigenvalue weighted by Gasteiger charge is 2.19. The van der Waals surface area contributed by atoms with Gasteiger partial charge < -0.3 is 15.2 Å². The van der Waals surface area contributed by atoms with Crippen LogP contribution in [0.25, 0.3) is 6.08 Å². The third-order valence-electron chi connectivity index (χ3n) is 2.90. The Hall–Kier alpha value is -2.90. The van der Waals surface area contributed by atoms with Gasteiger partial charge in [0, 0.05) is 18.2 Å². The molecule has 1 rings (SSSR count). The molecule has 0 radical (unpaired) electrons. The van der Waals surface area contributed by atoms with Gasteiger partial charge >= 0.3 is 12.1 Å². The minimum absolute atomic E-state index is 0.0940. The first kappa shape index (κ1) is 19.1. The number of carbonyl (C=O) groups is 2. The molecule has 0 fully saturated rings. The summed E-state index contributed by atoms with van der Waals surface area (Å²) in [6, 6.07) is 2.63. The van der Waals surface area contributed by atoms with Crippen molar-refractivity contribution in [3.63, 3.8) is 0 Å². The average Bonchev–Trinajstić information content (AvgIpc) is 2.42. The van der Waals surface area contributed by atoms with Crippen molar-refractivity contribution in [2.24, 2.45) is 0 Å². The molecule has 0 saturated heterocycles. The van der Waals surface area contributed by atoms with Crippen LogP contribution in [0.15, 0.2) is 18.2 Å². The predicted octanol–water partition coefficient (Wildman–Crippen LogP) is 3.14. The Kier molecular flexibility index (Phi) is 6.05. The fourth-order valence-corrected chi connectivity index (χ4v) is 1.88. The second kappa shape index (κ2) is 7.58. The highest BCUT2D eigenvalue weighted by Crippen LogP contribution is 2.24. The molecule has 0 atom stereocenters. The number of rotatable bonds is 5. The summed E-state index contributed by atoms with van der Waals surface area (Å²) in [6.45, 7) is 6.74. The van der Waals surface area contributed by atoms with Crippen LogP contribution in [0.2, 0.25) is 0 Å². The Morgan fingerprint density at radius 1 is 1.38 bits per heavy atom. The monoisotopic (exact) mass is 336 g/mol. The number of alkyl carbamates (subject to hydrolysis) is 1. The lowest BCUT2D eigenvalue weighted by molar-refractivity contribution is -0.385. The molecule has 0 spiro atoms. The van der Waals surface area contributed by atoms with Crippen molar-refractivity contribution in [1.82, 2.24) is 5.32 Å². The van der Waals surface area contributed by atoms with Crippen LogP contribution in [0.3, 0.4) is 0 Å². The topological polar surface area (TPSA) is 119 Å². The molecule has 130 valence electrons. The first-order valence-corrected chi connectivity index (χ1v) is 7.17. The SMILES string of the molecule is Cc1c(C(=O)O)cc(C=CCNC(=O)OC(C)(C)C)cc1[N+](=O)[O-]. The minimum Gasteiger partial charge on any atom is -0.478 e. The summed E-state index contributed by atoms with van der Waals surface area (Å²) in [4.78, 5) is 33.0. The number of hydrogen-bond acceptors (Lipinski definition) is 5. The number of carboxylic acids is 1. The molecule has 8 nitrogen and oxygen atoms in total. The molecule has 0 aliphatic heterocycles. The molecule has 1 aromatic carbocycles. The summed E-state index contributed by atoms with van der Waals surface area (Å²) in [7, 11) is 0. The third-order valence-corrected chi connectivity index (χ3v) is 2.90. The quantitative estimate of drug-likeness (QED) is 0.630. The summed E-state index contributed by atoms with van der Waals surface area (Å²) in [5, 5.41) is 22.6. The number of nitrogens with one attached hydrogen (secondary N) is 1. The lowest BCUT2D eigenvalue weighted by Crippen LogP contribution is -2.32. The van der Waals surface area contributed by atoms with Crippen molar-refractivity contribution in [1.29, 1.82) is 0 Å². The Balaban J connectivity index is 2.86. The van der Waals surface area contributed by atoms with Gasteiger partial charge in [-0.05, 0) is 39.3 Å². The number of nitro groups is 1. The highest BCUT2D eigenvalue weighted by atomic mass is 16.6. The molecule has 0 heterocycles. The second-order valence-electron chi connectivity index (χ2n) is 6.06. The van der Waals surface area contributed by atoms with Crippen molar-refractivity contribution >= 4 is 23.8 Å². The minimum atomic E-state index is -1.24. The molecular formula is C16H20N2O6. The molecule has 0 bridgehead atoms. The maximum atomic E-state index is 11.5. The summed E-state index contributed by atoms with van der Waals surface area (Å²) < 4.78 is 5.06. The van der Waals surface area contributed by atoms with Crippen molar-refractivity contribution in [3.05, 3.63) is 45.0 Å². The molecule has 0 aliphatic rings. The Labute approximate surface area is 139 Å². The van der Waals surface area contributed by atoms with Crippen LogP contribution >= 0.6 is 0 Å². The van der Waals surface area contributed by atoms with Gasteiger partial charge in [0.1, 0.15) is 5.60 Å². The van der Waals surface area contributed by atoms with Crippen LogP contribution in [0.1, 0.15) is 42.3 Å². The van der Waals surface area contributed by atoms with E-state index >= 15 is 0 Å². The first-order chi connectivity index (χ1) is 11.0. The maximum Gasteiger partial charge on any atom is 0.407 e. The largest absolute Gasteiger partial charge is 0.478 e. The van der Waals surface area contributed by atoms with E-state index in [2.05, 4.69) is 5.32 Å². The van der Waals surface area contributed by atoms with Crippen LogP contribution in [0, 0.1) is 17.0 Å².